The summed E-state index contributed by atoms with van der Waals surface area (Å²) in [5, 5.41) is 0. The lowest BCUT2D eigenvalue weighted by atomic mass is 9.98. The van der Waals surface area contributed by atoms with Crippen LogP contribution in [0.25, 0.3) is 11.1 Å². The van der Waals surface area contributed by atoms with Crippen LogP contribution in [0.15, 0.2) is 48.5 Å². The van der Waals surface area contributed by atoms with E-state index in [1.165, 1.54) is 7.11 Å². The Balaban J connectivity index is 2.48. The minimum Gasteiger partial charge on any atom is -0.465 e. The van der Waals surface area contributed by atoms with Gasteiger partial charge in [-0.3, -0.25) is 0 Å². The van der Waals surface area contributed by atoms with Crippen LogP contribution in [0, 0.1) is 0 Å². The van der Waals surface area contributed by atoms with Crippen LogP contribution in [0.3, 0.4) is 0 Å². The minimum absolute atomic E-state index is 0.331. The smallest absolute Gasteiger partial charge is 0.337 e. The molecule has 0 aromatic heterocycles. The van der Waals surface area contributed by atoms with Crippen molar-refractivity contribution in [2.45, 2.75) is 6.54 Å². The molecule has 18 heavy (non-hydrogen) atoms. The summed E-state index contributed by atoms with van der Waals surface area (Å²) < 4.78 is 4.72. The average molecular weight is 241 g/mol. The Morgan fingerprint density at radius 1 is 1.17 bits per heavy atom. The summed E-state index contributed by atoms with van der Waals surface area (Å²) in [6, 6.07) is 15.3. The third-order valence-electron chi connectivity index (χ3n) is 2.83. The van der Waals surface area contributed by atoms with E-state index in [-0.39, 0.29) is 5.97 Å². The molecule has 0 aliphatic rings. The minimum atomic E-state index is -0.331. The molecule has 2 aromatic rings. The number of hydrogen-bond acceptors (Lipinski definition) is 3. The lowest BCUT2D eigenvalue weighted by molar-refractivity contribution is 0.0601. The van der Waals surface area contributed by atoms with Crippen molar-refractivity contribution in [1.82, 2.24) is 0 Å². The van der Waals surface area contributed by atoms with Crippen LogP contribution in [0.5, 0.6) is 0 Å². The molecule has 0 heterocycles. The van der Waals surface area contributed by atoms with Gasteiger partial charge in [-0.05, 0) is 28.8 Å². The van der Waals surface area contributed by atoms with Crippen molar-refractivity contribution in [3.63, 3.8) is 0 Å². The van der Waals surface area contributed by atoms with Crippen molar-refractivity contribution >= 4 is 5.97 Å². The molecule has 0 saturated carbocycles. The van der Waals surface area contributed by atoms with Gasteiger partial charge in [0.05, 0.1) is 12.7 Å². The molecule has 2 N–H and O–H groups in total. The Labute approximate surface area is 106 Å². The van der Waals surface area contributed by atoms with Gasteiger partial charge >= 0.3 is 5.97 Å². The maximum absolute atomic E-state index is 11.5. The molecule has 2 rings (SSSR count). The Bertz CT molecular complexity index is 564. The molecule has 0 atom stereocenters. The van der Waals surface area contributed by atoms with Crippen LogP contribution >= 0.6 is 0 Å². The number of nitrogens with two attached hydrogens (primary N) is 1. The second-order valence-corrected chi connectivity index (χ2v) is 3.93. The molecule has 0 aliphatic carbocycles. The highest BCUT2D eigenvalue weighted by molar-refractivity contribution is 5.91. The SMILES string of the molecule is COC(=O)c1cccc(-c2ccccc2CN)c1. The van der Waals surface area contributed by atoms with Crippen molar-refractivity contribution in [3.05, 3.63) is 59.7 Å². The van der Waals surface area contributed by atoms with Crippen LogP contribution in [0.2, 0.25) is 0 Å². The maximum Gasteiger partial charge on any atom is 0.337 e. The van der Waals surface area contributed by atoms with E-state index in [2.05, 4.69) is 0 Å². The van der Waals surface area contributed by atoms with Gasteiger partial charge in [-0.25, -0.2) is 4.79 Å². The van der Waals surface area contributed by atoms with Crippen molar-refractivity contribution < 1.29 is 9.53 Å². The molecule has 3 heteroatoms. The van der Waals surface area contributed by atoms with Gasteiger partial charge in [0.25, 0.3) is 0 Å². The molecule has 2 aromatic carbocycles. The van der Waals surface area contributed by atoms with Gasteiger partial charge in [-0.15, -0.1) is 0 Å². The van der Waals surface area contributed by atoms with E-state index in [1.54, 1.807) is 6.07 Å². The Morgan fingerprint density at radius 3 is 2.67 bits per heavy atom. The quantitative estimate of drug-likeness (QED) is 0.840. The first-order chi connectivity index (χ1) is 8.76. The van der Waals surface area contributed by atoms with Crippen LogP contribution in [0.1, 0.15) is 15.9 Å². The van der Waals surface area contributed by atoms with Gasteiger partial charge in [0.1, 0.15) is 0 Å². The third-order valence-corrected chi connectivity index (χ3v) is 2.83. The molecule has 0 unspecified atom stereocenters. The first-order valence-electron chi connectivity index (χ1n) is 5.73. The summed E-state index contributed by atoms with van der Waals surface area (Å²) in [5.41, 5.74) is 9.34. The maximum atomic E-state index is 11.5. The summed E-state index contributed by atoms with van der Waals surface area (Å²) in [4.78, 5) is 11.5. The first kappa shape index (κ1) is 12.3. The first-order valence-corrected chi connectivity index (χ1v) is 5.73. The van der Waals surface area contributed by atoms with Gasteiger partial charge < -0.3 is 10.5 Å². The zero-order valence-electron chi connectivity index (χ0n) is 10.2. The molecule has 0 spiro atoms. The van der Waals surface area contributed by atoms with Crippen LogP contribution in [0.4, 0.5) is 0 Å². The average Bonchev–Trinajstić information content (AvgIpc) is 2.46. The van der Waals surface area contributed by atoms with Crippen molar-refractivity contribution in [2.75, 3.05) is 7.11 Å². The molecule has 0 bridgehead atoms. The number of esters is 1. The summed E-state index contributed by atoms with van der Waals surface area (Å²) in [6.07, 6.45) is 0. The van der Waals surface area contributed by atoms with E-state index >= 15 is 0 Å². The predicted molar refractivity (Wildman–Crippen MR) is 71.1 cm³/mol. The fraction of sp³-hybridized carbons (Fsp3) is 0.133. The van der Waals surface area contributed by atoms with Gasteiger partial charge in [-0.2, -0.15) is 0 Å². The lowest BCUT2D eigenvalue weighted by Gasteiger charge is -2.08. The monoisotopic (exact) mass is 241 g/mol. The van der Waals surface area contributed by atoms with E-state index in [1.807, 2.05) is 42.5 Å². The third kappa shape index (κ3) is 2.41. The van der Waals surface area contributed by atoms with Gasteiger partial charge in [0.2, 0.25) is 0 Å². The van der Waals surface area contributed by atoms with Crippen LogP contribution < -0.4 is 5.73 Å². The number of benzene rings is 2. The normalized spacial score (nSPS) is 10.1. The molecule has 3 nitrogen and oxygen atoms in total. The fourth-order valence-corrected chi connectivity index (χ4v) is 1.91. The van der Waals surface area contributed by atoms with E-state index in [0.717, 1.165) is 16.7 Å². The van der Waals surface area contributed by atoms with E-state index < -0.39 is 0 Å². The van der Waals surface area contributed by atoms with Gasteiger partial charge in [0, 0.05) is 6.54 Å². The molecular formula is C15H15NO2. The molecular weight excluding hydrogens is 226 g/mol. The van der Waals surface area contributed by atoms with Gasteiger partial charge in [0.15, 0.2) is 0 Å². The Hall–Kier alpha value is -2.13. The second kappa shape index (κ2) is 5.47. The van der Waals surface area contributed by atoms with Crippen molar-refractivity contribution in [1.29, 1.82) is 0 Å². The van der Waals surface area contributed by atoms with E-state index in [0.29, 0.717) is 12.1 Å². The number of carbonyl (C=O) groups excluding carboxylic acids is 1. The number of hydrogen-bond donors (Lipinski definition) is 1. The zero-order valence-corrected chi connectivity index (χ0v) is 10.2. The van der Waals surface area contributed by atoms with E-state index in [4.69, 9.17) is 10.5 Å². The van der Waals surface area contributed by atoms with E-state index in [9.17, 15) is 4.79 Å². The molecule has 0 radical (unpaired) electrons. The van der Waals surface area contributed by atoms with Crippen LogP contribution in [-0.4, -0.2) is 13.1 Å². The highest BCUT2D eigenvalue weighted by Crippen LogP contribution is 2.24. The molecule has 92 valence electrons. The number of methoxy groups -OCH3 is 1. The largest absolute Gasteiger partial charge is 0.465 e. The number of ether oxygens (including phenoxy) is 1. The molecule has 0 fully saturated rings. The van der Waals surface area contributed by atoms with Gasteiger partial charge in [-0.1, -0.05) is 36.4 Å². The Morgan fingerprint density at radius 2 is 1.94 bits per heavy atom. The Kier molecular flexibility index (Phi) is 3.75. The highest BCUT2D eigenvalue weighted by Gasteiger charge is 2.08. The second-order valence-electron chi connectivity index (χ2n) is 3.93. The predicted octanol–water partition coefficient (Wildman–Crippen LogP) is 2.60. The van der Waals surface area contributed by atoms with Crippen molar-refractivity contribution in [3.8, 4) is 11.1 Å². The number of carbonyl (C=O) groups is 1. The molecule has 0 amide bonds. The number of rotatable bonds is 3. The lowest BCUT2D eigenvalue weighted by Crippen LogP contribution is -2.02. The zero-order chi connectivity index (χ0) is 13.0. The highest BCUT2D eigenvalue weighted by atomic mass is 16.5. The molecule has 0 saturated heterocycles. The topological polar surface area (TPSA) is 52.3 Å². The standard InChI is InChI=1S/C15H15NO2/c1-18-15(17)12-7-4-6-11(9-12)14-8-3-2-5-13(14)10-16/h2-9H,10,16H2,1H3. The summed E-state index contributed by atoms with van der Waals surface area (Å²) in [6.45, 7) is 0.471. The fourth-order valence-electron chi connectivity index (χ4n) is 1.91. The molecule has 0 aliphatic heterocycles. The van der Waals surface area contributed by atoms with Crippen LogP contribution in [-0.2, 0) is 11.3 Å². The summed E-state index contributed by atoms with van der Waals surface area (Å²) in [7, 11) is 1.38. The summed E-state index contributed by atoms with van der Waals surface area (Å²) >= 11 is 0. The van der Waals surface area contributed by atoms with Crippen molar-refractivity contribution in [2.24, 2.45) is 5.73 Å². The summed E-state index contributed by atoms with van der Waals surface area (Å²) in [5.74, 6) is -0.331.